The highest BCUT2D eigenvalue weighted by molar-refractivity contribution is 7.14. The fourth-order valence-electron chi connectivity index (χ4n) is 1.53. The molecule has 0 atom stereocenters. The van der Waals surface area contributed by atoms with Crippen LogP contribution in [0.25, 0.3) is 0 Å². The zero-order valence-electron chi connectivity index (χ0n) is 10.9. The number of ether oxygens (including phenoxy) is 1. The molecule has 0 unspecified atom stereocenters. The molecule has 0 aliphatic carbocycles. The number of hydrogen-bond acceptors (Lipinski definition) is 5. The van der Waals surface area contributed by atoms with Gasteiger partial charge in [-0.3, -0.25) is 4.79 Å². The summed E-state index contributed by atoms with van der Waals surface area (Å²) in [6.45, 7) is -0.496. The Morgan fingerprint density at radius 2 is 2.09 bits per heavy atom. The summed E-state index contributed by atoms with van der Waals surface area (Å²) < 4.78 is 4.88. The number of amides is 1. The van der Waals surface area contributed by atoms with Crippen molar-refractivity contribution in [2.75, 3.05) is 11.9 Å². The molecule has 0 saturated carbocycles. The fourth-order valence-corrected chi connectivity index (χ4v) is 2.66. The molecule has 22 heavy (non-hydrogen) atoms. The van der Waals surface area contributed by atoms with Crippen molar-refractivity contribution >= 4 is 51.4 Å². The number of carbonyl (C=O) groups excluding carboxylic acids is 2. The average molecular weight is 355 g/mol. The second-order valence-electron chi connectivity index (χ2n) is 4.00. The number of halogens is 2. The van der Waals surface area contributed by atoms with Crippen LogP contribution >= 0.6 is 34.5 Å². The largest absolute Gasteiger partial charge is 0.452 e. The van der Waals surface area contributed by atoms with Gasteiger partial charge in [0.2, 0.25) is 0 Å². The predicted molar refractivity (Wildman–Crippen MR) is 84.4 cm³/mol. The highest BCUT2D eigenvalue weighted by Gasteiger charge is 2.16. The Hall–Kier alpha value is -2.07. The third-order valence-electron chi connectivity index (χ3n) is 2.54. The van der Waals surface area contributed by atoms with E-state index in [1.807, 2.05) is 6.07 Å². The lowest BCUT2D eigenvalue weighted by Gasteiger charge is -2.07. The van der Waals surface area contributed by atoms with Crippen LogP contribution < -0.4 is 5.32 Å². The lowest BCUT2D eigenvalue weighted by molar-refractivity contribution is -0.119. The Balaban J connectivity index is 1.95. The van der Waals surface area contributed by atoms with Crippen LogP contribution in [0.2, 0.25) is 10.0 Å². The van der Waals surface area contributed by atoms with E-state index in [0.717, 1.165) is 0 Å². The molecule has 0 fully saturated rings. The molecule has 112 valence electrons. The molecule has 0 aliphatic rings. The quantitative estimate of drug-likeness (QED) is 0.848. The first-order valence-corrected chi connectivity index (χ1v) is 7.55. The number of rotatable bonds is 4. The van der Waals surface area contributed by atoms with Gasteiger partial charge in [-0.05, 0) is 23.6 Å². The van der Waals surface area contributed by atoms with Crippen molar-refractivity contribution in [3.8, 4) is 6.07 Å². The molecular formula is C14H8Cl2N2O3S. The zero-order chi connectivity index (χ0) is 16.1. The van der Waals surface area contributed by atoms with E-state index >= 15 is 0 Å². The van der Waals surface area contributed by atoms with Gasteiger partial charge >= 0.3 is 5.97 Å². The van der Waals surface area contributed by atoms with Gasteiger partial charge in [-0.25, -0.2) is 4.79 Å². The number of hydrogen-bond donors (Lipinski definition) is 1. The summed E-state index contributed by atoms with van der Waals surface area (Å²) in [5.41, 5.74) is 0.429. The van der Waals surface area contributed by atoms with Crippen molar-refractivity contribution in [1.29, 1.82) is 5.26 Å². The van der Waals surface area contributed by atoms with Gasteiger partial charge in [0.15, 0.2) is 6.61 Å². The smallest absolute Gasteiger partial charge is 0.340 e. The molecule has 2 rings (SSSR count). The standard InChI is InChI=1S/C14H8Cl2N2O3S/c15-10-3-1-2-9(12(10)16)14(20)21-7-11(19)18-13-8(6-17)4-5-22-13/h1-5H,7H2,(H,18,19). The number of nitriles is 1. The van der Waals surface area contributed by atoms with E-state index < -0.39 is 18.5 Å². The summed E-state index contributed by atoms with van der Waals surface area (Å²) in [7, 11) is 0. The van der Waals surface area contributed by atoms with E-state index in [0.29, 0.717) is 10.6 Å². The maximum absolute atomic E-state index is 11.9. The Morgan fingerprint density at radius 1 is 1.32 bits per heavy atom. The van der Waals surface area contributed by atoms with Gasteiger partial charge in [0.05, 0.1) is 21.2 Å². The number of nitrogens with one attached hydrogen (secondary N) is 1. The number of anilines is 1. The van der Waals surface area contributed by atoms with E-state index in [9.17, 15) is 9.59 Å². The average Bonchev–Trinajstić information content (AvgIpc) is 2.94. The van der Waals surface area contributed by atoms with Crippen LogP contribution in [-0.2, 0) is 9.53 Å². The van der Waals surface area contributed by atoms with Gasteiger partial charge in [-0.2, -0.15) is 5.26 Å². The summed E-state index contributed by atoms with van der Waals surface area (Å²) in [5.74, 6) is -1.31. The first kappa shape index (κ1) is 16.3. The normalized spacial score (nSPS) is 9.86. The molecule has 1 heterocycles. The monoisotopic (exact) mass is 354 g/mol. The number of nitrogens with zero attached hydrogens (tertiary/aromatic N) is 1. The number of esters is 1. The summed E-state index contributed by atoms with van der Waals surface area (Å²) in [4.78, 5) is 23.6. The van der Waals surface area contributed by atoms with E-state index in [2.05, 4.69) is 5.32 Å². The molecule has 0 saturated heterocycles. The third kappa shape index (κ3) is 3.77. The van der Waals surface area contributed by atoms with Gasteiger partial charge in [-0.1, -0.05) is 29.3 Å². The molecule has 1 N–H and O–H groups in total. The first-order chi connectivity index (χ1) is 10.5. The molecule has 1 aromatic heterocycles. The molecule has 2 aromatic rings. The number of benzene rings is 1. The first-order valence-electron chi connectivity index (χ1n) is 5.91. The predicted octanol–water partition coefficient (Wildman–Crippen LogP) is 3.72. The summed E-state index contributed by atoms with van der Waals surface area (Å²) in [5, 5.41) is 13.7. The lowest BCUT2D eigenvalue weighted by atomic mass is 10.2. The van der Waals surface area contributed by atoms with Crippen LogP contribution in [0.4, 0.5) is 5.00 Å². The second kappa shape index (κ2) is 7.27. The number of carbonyl (C=O) groups is 2. The summed E-state index contributed by atoms with van der Waals surface area (Å²) in [6.07, 6.45) is 0. The lowest BCUT2D eigenvalue weighted by Crippen LogP contribution is -2.21. The van der Waals surface area contributed by atoms with Gasteiger partial charge < -0.3 is 10.1 Å². The zero-order valence-corrected chi connectivity index (χ0v) is 13.3. The Labute approximate surface area is 140 Å². The Bertz CT molecular complexity index is 768. The minimum Gasteiger partial charge on any atom is -0.452 e. The maximum Gasteiger partial charge on any atom is 0.340 e. The second-order valence-corrected chi connectivity index (χ2v) is 5.70. The summed E-state index contributed by atoms with van der Waals surface area (Å²) >= 11 is 12.9. The van der Waals surface area contributed by atoms with Crippen molar-refractivity contribution < 1.29 is 14.3 Å². The van der Waals surface area contributed by atoms with Crippen molar-refractivity contribution in [2.24, 2.45) is 0 Å². The van der Waals surface area contributed by atoms with Crippen LogP contribution in [0.5, 0.6) is 0 Å². The van der Waals surface area contributed by atoms with Crippen LogP contribution in [0, 0.1) is 11.3 Å². The van der Waals surface area contributed by atoms with Crippen molar-refractivity contribution in [3.05, 3.63) is 50.8 Å². The van der Waals surface area contributed by atoms with Crippen molar-refractivity contribution in [2.45, 2.75) is 0 Å². The molecule has 0 aliphatic heterocycles. The Morgan fingerprint density at radius 3 is 2.82 bits per heavy atom. The Kier molecular flexibility index (Phi) is 5.39. The van der Waals surface area contributed by atoms with Crippen molar-refractivity contribution in [1.82, 2.24) is 0 Å². The van der Waals surface area contributed by atoms with Crippen LogP contribution in [0.1, 0.15) is 15.9 Å². The fraction of sp³-hybridized carbons (Fsp3) is 0.0714. The van der Waals surface area contributed by atoms with Gasteiger partial charge in [-0.15, -0.1) is 11.3 Å². The summed E-state index contributed by atoms with van der Waals surface area (Å²) in [6, 6.07) is 8.06. The third-order valence-corrected chi connectivity index (χ3v) is 4.19. The maximum atomic E-state index is 11.9. The molecule has 0 spiro atoms. The molecule has 0 radical (unpaired) electrons. The molecule has 8 heteroatoms. The van der Waals surface area contributed by atoms with Gasteiger partial charge in [0.25, 0.3) is 5.91 Å². The van der Waals surface area contributed by atoms with Gasteiger partial charge in [0, 0.05) is 0 Å². The minimum atomic E-state index is -0.755. The van der Waals surface area contributed by atoms with E-state index in [4.69, 9.17) is 33.2 Å². The highest BCUT2D eigenvalue weighted by atomic mass is 35.5. The molecule has 5 nitrogen and oxygen atoms in total. The van der Waals surface area contributed by atoms with E-state index in [1.165, 1.54) is 23.5 Å². The minimum absolute atomic E-state index is 0.0691. The van der Waals surface area contributed by atoms with Crippen LogP contribution in [-0.4, -0.2) is 18.5 Å². The SMILES string of the molecule is N#Cc1ccsc1NC(=O)COC(=O)c1cccc(Cl)c1Cl. The van der Waals surface area contributed by atoms with Crippen molar-refractivity contribution in [3.63, 3.8) is 0 Å². The molecule has 1 aromatic carbocycles. The molecular weight excluding hydrogens is 347 g/mol. The van der Waals surface area contributed by atoms with E-state index in [-0.39, 0.29) is 15.6 Å². The topological polar surface area (TPSA) is 79.2 Å². The number of thiophene rings is 1. The molecule has 0 bridgehead atoms. The van der Waals surface area contributed by atoms with Crippen LogP contribution in [0.15, 0.2) is 29.6 Å². The highest BCUT2D eigenvalue weighted by Crippen LogP contribution is 2.26. The van der Waals surface area contributed by atoms with E-state index in [1.54, 1.807) is 17.5 Å². The van der Waals surface area contributed by atoms with Crippen LogP contribution in [0.3, 0.4) is 0 Å². The molecule has 1 amide bonds. The van der Waals surface area contributed by atoms with Gasteiger partial charge in [0.1, 0.15) is 11.1 Å².